The maximum Gasteiger partial charge on any atom is 0.227 e. The van der Waals surface area contributed by atoms with E-state index in [1.165, 1.54) is 0 Å². The van der Waals surface area contributed by atoms with Gasteiger partial charge in [0, 0.05) is 5.41 Å². The average molecular weight is 236 g/mol. The Morgan fingerprint density at radius 1 is 1.29 bits per heavy atom. The van der Waals surface area contributed by atoms with E-state index in [0.29, 0.717) is 12.8 Å². The molecular formula is C14H24N2O. The molecule has 96 valence electrons. The summed E-state index contributed by atoms with van der Waals surface area (Å²) in [6.45, 7) is 6.00. The van der Waals surface area contributed by atoms with E-state index in [1.54, 1.807) is 0 Å². The minimum Gasteiger partial charge on any atom is -0.337 e. The van der Waals surface area contributed by atoms with Crippen LogP contribution < -0.4 is 5.32 Å². The Morgan fingerprint density at radius 3 is 2.18 bits per heavy atom. The summed E-state index contributed by atoms with van der Waals surface area (Å²) < 4.78 is 0. The summed E-state index contributed by atoms with van der Waals surface area (Å²) >= 11 is 0. The fourth-order valence-corrected chi connectivity index (χ4v) is 2.76. The molecule has 1 N–H and O–H groups in total. The number of carbonyl (C=O) groups is 1. The zero-order valence-corrected chi connectivity index (χ0v) is 11.3. The predicted octanol–water partition coefficient (Wildman–Crippen LogP) is 3.16. The first-order valence-corrected chi connectivity index (χ1v) is 6.82. The molecule has 0 unspecified atom stereocenters. The number of nitrogens with one attached hydrogen (secondary N) is 1. The molecule has 1 aliphatic carbocycles. The van der Waals surface area contributed by atoms with Crippen molar-refractivity contribution in [3.8, 4) is 6.07 Å². The van der Waals surface area contributed by atoms with E-state index < -0.39 is 5.54 Å². The van der Waals surface area contributed by atoms with Crippen molar-refractivity contribution in [2.75, 3.05) is 0 Å². The van der Waals surface area contributed by atoms with Crippen LogP contribution in [0.15, 0.2) is 0 Å². The highest BCUT2D eigenvalue weighted by Gasteiger charge is 2.42. The van der Waals surface area contributed by atoms with E-state index in [9.17, 15) is 10.1 Å². The number of nitriles is 1. The fraction of sp³-hybridized carbons (Fsp3) is 0.857. The molecule has 0 aliphatic heterocycles. The Labute approximate surface area is 105 Å². The molecule has 0 radical (unpaired) electrons. The minimum atomic E-state index is -0.665. The van der Waals surface area contributed by atoms with Crippen LogP contribution >= 0.6 is 0 Å². The fourth-order valence-electron chi connectivity index (χ4n) is 2.76. The second-order valence-corrected chi connectivity index (χ2v) is 5.20. The quantitative estimate of drug-likeness (QED) is 0.797. The highest BCUT2D eigenvalue weighted by Crippen LogP contribution is 2.41. The third kappa shape index (κ3) is 2.62. The molecule has 0 atom stereocenters. The smallest absolute Gasteiger partial charge is 0.227 e. The minimum absolute atomic E-state index is 0.0998. The van der Waals surface area contributed by atoms with Gasteiger partial charge in [0.1, 0.15) is 5.54 Å². The molecule has 0 spiro atoms. The van der Waals surface area contributed by atoms with Gasteiger partial charge in [-0.1, -0.05) is 33.6 Å². The Bertz CT molecular complexity index is 307. The van der Waals surface area contributed by atoms with Gasteiger partial charge in [0.15, 0.2) is 0 Å². The van der Waals surface area contributed by atoms with Crippen molar-refractivity contribution < 1.29 is 4.79 Å². The summed E-state index contributed by atoms with van der Waals surface area (Å²) in [5.41, 5.74) is -0.867. The normalized spacial score (nSPS) is 18.7. The van der Waals surface area contributed by atoms with Crippen LogP contribution in [0.2, 0.25) is 0 Å². The maximum absolute atomic E-state index is 12.4. The van der Waals surface area contributed by atoms with Gasteiger partial charge in [-0.15, -0.1) is 0 Å². The summed E-state index contributed by atoms with van der Waals surface area (Å²) in [7, 11) is 0. The number of hydrogen-bond donors (Lipinski definition) is 1. The van der Waals surface area contributed by atoms with Crippen molar-refractivity contribution in [3.05, 3.63) is 0 Å². The van der Waals surface area contributed by atoms with Gasteiger partial charge in [0.2, 0.25) is 5.91 Å². The molecule has 1 rings (SSSR count). The summed E-state index contributed by atoms with van der Waals surface area (Å²) in [6, 6.07) is 2.28. The van der Waals surface area contributed by atoms with E-state index in [1.807, 2.05) is 13.8 Å². The van der Waals surface area contributed by atoms with Gasteiger partial charge in [-0.3, -0.25) is 4.79 Å². The van der Waals surface area contributed by atoms with E-state index in [2.05, 4.69) is 18.3 Å². The van der Waals surface area contributed by atoms with Crippen LogP contribution in [0.3, 0.4) is 0 Å². The highest BCUT2D eigenvalue weighted by molar-refractivity contribution is 5.84. The van der Waals surface area contributed by atoms with Crippen molar-refractivity contribution in [2.45, 2.75) is 71.3 Å². The molecule has 0 aromatic rings. The summed E-state index contributed by atoms with van der Waals surface area (Å²) in [5.74, 6) is 0.0998. The number of hydrogen-bond acceptors (Lipinski definition) is 2. The molecule has 1 saturated carbocycles. The van der Waals surface area contributed by atoms with Gasteiger partial charge >= 0.3 is 0 Å². The van der Waals surface area contributed by atoms with Gasteiger partial charge in [-0.2, -0.15) is 5.26 Å². The average Bonchev–Trinajstić information content (AvgIpc) is 2.86. The van der Waals surface area contributed by atoms with Crippen LogP contribution in [0.5, 0.6) is 0 Å². The third-order valence-corrected chi connectivity index (χ3v) is 4.49. The lowest BCUT2D eigenvalue weighted by Gasteiger charge is -2.32. The zero-order valence-electron chi connectivity index (χ0n) is 11.3. The molecule has 0 heterocycles. The van der Waals surface area contributed by atoms with E-state index in [-0.39, 0.29) is 11.3 Å². The van der Waals surface area contributed by atoms with Gasteiger partial charge < -0.3 is 5.32 Å². The molecule has 0 aromatic heterocycles. The monoisotopic (exact) mass is 236 g/mol. The topological polar surface area (TPSA) is 52.9 Å². The van der Waals surface area contributed by atoms with Crippen LogP contribution in [0, 0.1) is 16.7 Å². The van der Waals surface area contributed by atoms with Crippen LogP contribution in [0.4, 0.5) is 0 Å². The van der Waals surface area contributed by atoms with E-state index in [4.69, 9.17) is 0 Å². The number of carbonyl (C=O) groups excluding carboxylic acids is 1. The van der Waals surface area contributed by atoms with E-state index >= 15 is 0 Å². The lowest BCUT2D eigenvalue weighted by molar-refractivity contribution is -0.132. The standard InChI is InChI=1S/C14H24N2O/c1-4-13(9-7-8-10-13)12(17)16-14(5-2,6-3)11-15/h4-10H2,1-3H3,(H,16,17). The molecule has 1 fully saturated rings. The predicted molar refractivity (Wildman–Crippen MR) is 68.3 cm³/mol. The molecule has 3 heteroatoms. The first-order valence-electron chi connectivity index (χ1n) is 6.82. The Hall–Kier alpha value is -1.04. The Kier molecular flexibility index (Phi) is 4.56. The number of rotatable bonds is 5. The second-order valence-electron chi connectivity index (χ2n) is 5.20. The molecule has 0 saturated heterocycles. The lowest BCUT2D eigenvalue weighted by atomic mass is 9.81. The lowest BCUT2D eigenvalue weighted by Crippen LogP contribution is -2.51. The van der Waals surface area contributed by atoms with E-state index in [0.717, 1.165) is 32.1 Å². The van der Waals surface area contributed by atoms with Gasteiger partial charge in [0.05, 0.1) is 6.07 Å². The molecule has 0 aromatic carbocycles. The van der Waals surface area contributed by atoms with Gasteiger partial charge in [-0.25, -0.2) is 0 Å². The van der Waals surface area contributed by atoms with Crippen LogP contribution in [0.25, 0.3) is 0 Å². The molecule has 17 heavy (non-hydrogen) atoms. The first-order chi connectivity index (χ1) is 8.08. The molecule has 1 amide bonds. The zero-order chi connectivity index (χ0) is 12.9. The second kappa shape index (κ2) is 5.53. The largest absolute Gasteiger partial charge is 0.337 e. The summed E-state index contributed by atoms with van der Waals surface area (Å²) in [6.07, 6.45) is 6.46. The van der Waals surface area contributed by atoms with Crippen molar-refractivity contribution >= 4 is 5.91 Å². The third-order valence-electron chi connectivity index (χ3n) is 4.49. The summed E-state index contributed by atoms with van der Waals surface area (Å²) in [4.78, 5) is 12.4. The maximum atomic E-state index is 12.4. The molecule has 3 nitrogen and oxygen atoms in total. The van der Waals surface area contributed by atoms with Crippen molar-refractivity contribution in [1.29, 1.82) is 5.26 Å². The molecule has 1 aliphatic rings. The first kappa shape index (κ1) is 14.0. The summed E-state index contributed by atoms with van der Waals surface area (Å²) in [5, 5.41) is 12.3. The number of nitrogens with zero attached hydrogens (tertiary/aromatic N) is 1. The van der Waals surface area contributed by atoms with Crippen LogP contribution in [-0.4, -0.2) is 11.4 Å². The molecular weight excluding hydrogens is 212 g/mol. The van der Waals surface area contributed by atoms with Crippen molar-refractivity contribution in [1.82, 2.24) is 5.32 Å². The van der Waals surface area contributed by atoms with Crippen LogP contribution in [0.1, 0.15) is 65.7 Å². The Morgan fingerprint density at radius 2 is 1.82 bits per heavy atom. The Balaban J connectivity index is 2.80. The van der Waals surface area contributed by atoms with Crippen molar-refractivity contribution in [3.63, 3.8) is 0 Å². The highest BCUT2D eigenvalue weighted by atomic mass is 16.2. The SMILES string of the molecule is CCC(C#N)(CC)NC(=O)C1(CC)CCCC1. The van der Waals surface area contributed by atoms with Crippen molar-refractivity contribution in [2.24, 2.45) is 5.41 Å². The molecule has 0 bridgehead atoms. The van der Waals surface area contributed by atoms with Gasteiger partial charge in [-0.05, 0) is 32.1 Å². The van der Waals surface area contributed by atoms with Crippen LogP contribution in [-0.2, 0) is 4.79 Å². The van der Waals surface area contributed by atoms with Gasteiger partial charge in [0.25, 0.3) is 0 Å². The number of amides is 1.